The van der Waals surface area contributed by atoms with Crippen LogP contribution in [0.3, 0.4) is 0 Å². The lowest BCUT2D eigenvalue weighted by molar-refractivity contribution is -0.198. The number of nitrogens with one attached hydrogen (secondary N) is 1. The summed E-state index contributed by atoms with van der Waals surface area (Å²) < 4.78 is 71.4. The highest BCUT2D eigenvalue weighted by Crippen LogP contribution is 2.40. The van der Waals surface area contributed by atoms with Crippen LogP contribution in [0.15, 0.2) is 35.3 Å². The van der Waals surface area contributed by atoms with E-state index >= 15 is 0 Å². The molecule has 32 heavy (non-hydrogen) atoms. The van der Waals surface area contributed by atoms with Gasteiger partial charge in [-0.15, -0.1) is 11.8 Å². The van der Waals surface area contributed by atoms with Gasteiger partial charge in [-0.2, -0.15) is 13.8 Å². The number of benzene rings is 2. The molecule has 1 N–H and O–H groups in total. The summed E-state index contributed by atoms with van der Waals surface area (Å²) in [4.78, 5) is 16.1. The van der Waals surface area contributed by atoms with Crippen molar-refractivity contribution in [3.8, 4) is 5.75 Å². The number of carbonyl (C=O) groups excluding carboxylic acids is 1. The molecule has 0 aliphatic carbocycles. The number of amides is 2. The van der Waals surface area contributed by atoms with Crippen LogP contribution in [0.4, 0.5) is 32.4 Å². The maximum absolute atomic E-state index is 13.9. The van der Waals surface area contributed by atoms with Crippen molar-refractivity contribution in [1.82, 2.24) is 0 Å². The molecule has 0 bridgehead atoms. The van der Waals surface area contributed by atoms with Crippen LogP contribution in [0.2, 0.25) is 10.0 Å². The first-order valence-corrected chi connectivity index (χ1v) is 10.9. The molecule has 0 spiro atoms. The zero-order chi connectivity index (χ0) is 24.1. The molecule has 2 rings (SSSR count). The maximum atomic E-state index is 13.9. The molecular formula is C19H14Cl3F5N2O2S. The van der Waals surface area contributed by atoms with Gasteiger partial charge in [-0.3, -0.25) is 0 Å². The standard InChI is InChI=1S/C19H14Cl3F5N2O2S/c1-2-32-15(8-10-13(23)4-3-5-14(10)24)29-18(30)28-9-6-11(20)16(12(21)7-9)31-19(26,27)17(22)25/h3-7,17H,2,8H2,1H3,(H,28,30). The minimum atomic E-state index is -4.40. The largest absolute Gasteiger partial charge is 0.444 e. The van der Waals surface area contributed by atoms with E-state index in [0.717, 1.165) is 36.0 Å². The molecule has 2 aromatic carbocycles. The fraction of sp³-hybridized carbons (Fsp3) is 0.263. The number of nitrogens with zero attached hydrogens (tertiary/aromatic N) is 1. The van der Waals surface area contributed by atoms with Crippen molar-refractivity contribution in [2.75, 3.05) is 11.1 Å². The Morgan fingerprint density at radius 3 is 2.28 bits per heavy atom. The third kappa shape index (κ3) is 7.13. The van der Waals surface area contributed by atoms with Gasteiger partial charge in [0, 0.05) is 17.7 Å². The number of halogens is 8. The molecule has 0 fully saturated rings. The third-order valence-corrected chi connectivity index (χ3v) is 5.34. The first-order valence-electron chi connectivity index (χ1n) is 8.72. The van der Waals surface area contributed by atoms with E-state index in [1.54, 1.807) is 6.92 Å². The minimum absolute atomic E-state index is 0.0509. The second-order valence-electron chi connectivity index (χ2n) is 5.98. The molecule has 0 saturated heterocycles. The van der Waals surface area contributed by atoms with Gasteiger partial charge in [0.2, 0.25) is 0 Å². The Kier molecular flexibility index (Phi) is 9.44. The van der Waals surface area contributed by atoms with E-state index in [9.17, 15) is 26.7 Å². The number of alkyl halides is 4. The molecule has 0 aromatic heterocycles. The highest BCUT2D eigenvalue weighted by molar-refractivity contribution is 8.13. The van der Waals surface area contributed by atoms with Gasteiger partial charge in [-0.05, 0) is 30.0 Å². The first kappa shape index (κ1) is 26.5. The molecule has 4 nitrogen and oxygen atoms in total. The Hall–Kier alpha value is -1.75. The van der Waals surface area contributed by atoms with Gasteiger partial charge in [0.15, 0.2) is 5.75 Å². The molecule has 0 heterocycles. The molecule has 0 saturated carbocycles. The summed E-state index contributed by atoms with van der Waals surface area (Å²) in [5.41, 5.74) is -3.46. The number of anilines is 1. The SMILES string of the molecule is CCSC(Cc1c(F)cccc1F)=NC(=O)Nc1cc(Cl)c(OC(F)(F)C(F)Cl)c(Cl)c1. The number of carbonyl (C=O) groups is 1. The number of hydrogen-bond acceptors (Lipinski definition) is 3. The fourth-order valence-corrected chi connectivity index (χ4v) is 3.65. The topological polar surface area (TPSA) is 50.7 Å². The van der Waals surface area contributed by atoms with Gasteiger partial charge in [0.05, 0.1) is 15.1 Å². The van der Waals surface area contributed by atoms with Crippen LogP contribution in [0.5, 0.6) is 5.75 Å². The van der Waals surface area contributed by atoms with E-state index in [2.05, 4.69) is 15.0 Å². The second-order valence-corrected chi connectivity index (χ2v) is 8.51. The average Bonchev–Trinajstić information content (AvgIpc) is 2.67. The van der Waals surface area contributed by atoms with Crippen LogP contribution >= 0.6 is 46.6 Å². The maximum Gasteiger partial charge on any atom is 0.444 e. The number of aliphatic imine (C=N–C) groups is 1. The Morgan fingerprint density at radius 1 is 1.22 bits per heavy atom. The summed E-state index contributed by atoms with van der Waals surface area (Å²) in [5.74, 6) is -1.85. The highest BCUT2D eigenvalue weighted by Gasteiger charge is 2.43. The summed E-state index contributed by atoms with van der Waals surface area (Å²) in [6.07, 6.45) is -4.67. The molecule has 0 radical (unpaired) electrons. The lowest BCUT2D eigenvalue weighted by Gasteiger charge is -2.19. The van der Waals surface area contributed by atoms with E-state index in [1.165, 1.54) is 6.07 Å². The smallest absolute Gasteiger partial charge is 0.426 e. The monoisotopic (exact) mass is 534 g/mol. The first-order chi connectivity index (χ1) is 14.9. The predicted molar refractivity (Wildman–Crippen MR) is 117 cm³/mol. The van der Waals surface area contributed by atoms with Crippen LogP contribution in [0, 0.1) is 11.6 Å². The van der Waals surface area contributed by atoms with E-state index in [0.29, 0.717) is 5.75 Å². The third-order valence-electron chi connectivity index (χ3n) is 3.67. The van der Waals surface area contributed by atoms with Crippen molar-refractivity contribution in [1.29, 1.82) is 0 Å². The van der Waals surface area contributed by atoms with Crippen molar-refractivity contribution in [2.24, 2.45) is 4.99 Å². The molecule has 174 valence electrons. The Balaban J connectivity index is 2.22. The quantitative estimate of drug-likeness (QED) is 0.171. The predicted octanol–water partition coefficient (Wildman–Crippen LogP) is 7.70. The molecular weight excluding hydrogens is 522 g/mol. The zero-order valence-corrected chi connectivity index (χ0v) is 19.2. The normalized spacial score (nSPS) is 13.1. The molecule has 0 aliphatic rings. The lowest BCUT2D eigenvalue weighted by Crippen LogP contribution is -2.33. The zero-order valence-electron chi connectivity index (χ0n) is 16.1. The summed E-state index contributed by atoms with van der Waals surface area (Å²) >= 11 is 17.5. The van der Waals surface area contributed by atoms with Crippen molar-refractivity contribution in [3.05, 3.63) is 57.6 Å². The van der Waals surface area contributed by atoms with Crippen LogP contribution in [0.25, 0.3) is 0 Å². The van der Waals surface area contributed by atoms with Crippen molar-refractivity contribution in [3.63, 3.8) is 0 Å². The van der Waals surface area contributed by atoms with Gasteiger partial charge < -0.3 is 10.1 Å². The minimum Gasteiger partial charge on any atom is -0.426 e. The molecule has 0 aliphatic heterocycles. The number of thioether (sulfide) groups is 1. The van der Waals surface area contributed by atoms with Gasteiger partial charge >= 0.3 is 12.1 Å². The average molecular weight is 536 g/mol. The highest BCUT2D eigenvalue weighted by atomic mass is 35.5. The van der Waals surface area contributed by atoms with Crippen molar-refractivity contribution in [2.45, 2.75) is 25.1 Å². The van der Waals surface area contributed by atoms with Gasteiger partial charge in [0.1, 0.15) is 11.6 Å². The van der Waals surface area contributed by atoms with E-state index in [4.69, 9.17) is 34.8 Å². The molecule has 13 heteroatoms. The van der Waals surface area contributed by atoms with Gasteiger partial charge in [-0.25, -0.2) is 18.0 Å². The van der Waals surface area contributed by atoms with Crippen LogP contribution in [0.1, 0.15) is 12.5 Å². The number of rotatable bonds is 7. The Labute approximate surface area is 199 Å². The number of hydrogen-bond donors (Lipinski definition) is 1. The summed E-state index contributed by atoms with van der Waals surface area (Å²) in [7, 11) is 0. The van der Waals surface area contributed by atoms with Gasteiger partial charge in [-0.1, -0.05) is 47.8 Å². The molecule has 2 aromatic rings. The Bertz CT molecular complexity index is 981. The fourth-order valence-electron chi connectivity index (χ4n) is 2.32. The molecule has 1 unspecified atom stereocenters. The van der Waals surface area contributed by atoms with Crippen LogP contribution in [-0.4, -0.2) is 28.6 Å². The van der Waals surface area contributed by atoms with E-state index < -0.39 is 45.2 Å². The number of urea groups is 1. The summed E-state index contributed by atoms with van der Waals surface area (Å²) in [6, 6.07) is 4.46. The van der Waals surface area contributed by atoms with Gasteiger partial charge in [0.25, 0.3) is 5.63 Å². The Morgan fingerprint density at radius 2 is 1.78 bits per heavy atom. The van der Waals surface area contributed by atoms with E-state index in [1.807, 2.05) is 0 Å². The molecule has 2 amide bonds. The van der Waals surface area contributed by atoms with Crippen LogP contribution in [-0.2, 0) is 6.42 Å². The van der Waals surface area contributed by atoms with Crippen molar-refractivity contribution >= 4 is 63.3 Å². The van der Waals surface area contributed by atoms with Crippen LogP contribution < -0.4 is 10.1 Å². The summed E-state index contributed by atoms with van der Waals surface area (Å²) in [6.45, 7) is 1.76. The molecule has 1 atom stereocenters. The lowest BCUT2D eigenvalue weighted by atomic mass is 10.1. The van der Waals surface area contributed by atoms with E-state index in [-0.39, 0.29) is 22.7 Å². The second kappa shape index (κ2) is 11.4. The number of ether oxygens (including phenoxy) is 1. The summed E-state index contributed by atoms with van der Waals surface area (Å²) in [5, 5.41) is 1.49. The van der Waals surface area contributed by atoms with Crippen molar-refractivity contribution < 1.29 is 31.5 Å².